The molecule has 24 heavy (non-hydrogen) atoms. The van der Waals surface area contributed by atoms with Crippen molar-refractivity contribution in [2.24, 2.45) is 0 Å². The number of alkyl halides is 3. The van der Waals surface area contributed by atoms with Gasteiger partial charge in [0.05, 0.1) is 6.61 Å². The van der Waals surface area contributed by atoms with E-state index in [2.05, 4.69) is 25.1 Å². The van der Waals surface area contributed by atoms with Crippen LogP contribution >= 0.6 is 0 Å². The van der Waals surface area contributed by atoms with Gasteiger partial charge in [-0.1, -0.05) is 6.07 Å². The maximum Gasteiger partial charge on any atom is 0.422 e. The first-order chi connectivity index (χ1) is 11.3. The Labute approximate surface area is 136 Å². The predicted octanol–water partition coefficient (Wildman–Crippen LogP) is 1.78. The van der Waals surface area contributed by atoms with E-state index in [0.29, 0.717) is 5.56 Å². The summed E-state index contributed by atoms with van der Waals surface area (Å²) in [5.74, 6) is -0.586. The number of hydrogen-bond acceptors (Lipinski definition) is 5. The topological polar surface area (TPSA) is 89.5 Å². The number of pyridine rings is 1. The summed E-state index contributed by atoms with van der Waals surface area (Å²) in [5, 5.41) is 4.89. The van der Waals surface area contributed by atoms with E-state index in [4.69, 9.17) is 0 Å². The van der Waals surface area contributed by atoms with Gasteiger partial charge in [0.1, 0.15) is 0 Å². The lowest BCUT2D eigenvalue weighted by atomic mass is 10.2. The number of rotatable bonds is 8. The van der Waals surface area contributed by atoms with E-state index in [0.717, 1.165) is 0 Å². The van der Waals surface area contributed by atoms with E-state index in [1.165, 1.54) is 18.3 Å². The average molecular weight is 349 g/mol. The van der Waals surface area contributed by atoms with Crippen molar-refractivity contribution in [2.45, 2.75) is 26.1 Å². The summed E-state index contributed by atoms with van der Waals surface area (Å²) in [6.45, 7) is 0.446. The van der Waals surface area contributed by atoms with Crippen molar-refractivity contribution in [1.29, 1.82) is 0 Å². The molecule has 1 aromatic heterocycles. The fraction of sp³-hybridized carbons (Fsp3) is 0.500. The summed E-state index contributed by atoms with van der Waals surface area (Å²) in [6, 6.07) is 3.01. The predicted molar refractivity (Wildman–Crippen MR) is 77.3 cm³/mol. The third-order valence-corrected chi connectivity index (χ3v) is 2.60. The molecule has 134 valence electrons. The van der Waals surface area contributed by atoms with Crippen LogP contribution in [0.3, 0.4) is 0 Å². The molecule has 0 fully saturated rings. The molecule has 0 radical (unpaired) electrons. The molecule has 0 unspecified atom stereocenters. The molecule has 0 aliphatic rings. The zero-order valence-electron chi connectivity index (χ0n) is 13.0. The van der Waals surface area contributed by atoms with Crippen LogP contribution in [0.5, 0.6) is 5.88 Å². The molecule has 0 aromatic carbocycles. The molecule has 0 aliphatic heterocycles. The zero-order valence-corrected chi connectivity index (χ0v) is 13.0. The SMILES string of the molecule is CCOC(=O)NCCC(=O)NCc1cccnc1OCC(F)(F)F. The van der Waals surface area contributed by atoms with Crippen LogP contribution in [0.1, 0.15) is 18.9 Å². The van der Waals surface area contributed by atoms with Gasteiger partial charge in [0.25, 0.3) is 0 Å². The Balaban J connectivity index is 2.41. The fourth-order valence-electron chi connectivity index (χ4n) is 1.58. The van der Waals surface area contributed by atoms with Crippen LogP contribution in [-0.2, 0) is 16.1 Å². The molecule has 1 heterocycles. The maximum absolute atomic E-state index is 12.2. The van der Waals surface area contributed by atoms with E-state index < -0.39 is 24.8 Å². The van der Waals surface area contributed by atoms with Gasteiger partial charge >= 0.3 is 12.3 Å². The number of aromatic nitrogens is 1. The van der Waals surface area contributed by atoms with E-state index in [9.17, 15) is 22.8 Å². The fourth-order valence-corrected chi connectivity index (χ4v) is 1.58. The van der Waals surface area contributed by atoms with Gasteiger partial charge in [-0.05, 0) is 13.0 Å². The highest BCUT2D eigenvalue weighted by molar-refractivity contribution is 5.77. The molecular formula is C14H18F3N3O4. The quantitative estimate of drug-likeness (QED) is 0.747. The highest BCUT2D eigenvalue weighted by Crippen LogP contribution is 2.19. The highest BCUT2D eigenvalue weighted by atomic mass is 19.4. The van der Waals surface area contributed by atoms with Gasteiger partial charge in [0.15, 0.2) is 6.61 Å². The maximum atomic E-state index is 12.2. The van der Waals surface area contributed by atoms with Crippen LogP contribution in [0.15, 0.2) is 18.3 Å². The van der Waals surface area contributed by atoms with Crippen LogP contribution in [0.4, 0.5) is 18.0 Å². The van der Waals surface area contributed by atoms with Crippen molar-refractivity contribution in [3.63, 3.8) is 0 Å². The average Bonchev–Trinajstić information content (AvgIpc) is 2.51. The lowest BCUT2D eigenvalue weighted by Gasteiger charge is -2.12. The Morgan fingerprint density at radius 1 is 1.29 bits per heavy atom. The van der Waals surface area contributed by atoms with Gasteiger partial charge in [-0.15, -0.1) is 0 Å². The first kappa shape index (κ1) is 19.5. The summed E-state index contributed by atoms with van der Waals surface area (Å²) < 4.78 is 45.8. The third kappa shape index (κ3) is 8.20. The van der Waals surface area contributed by atoms with Crippen molar-refractivity contribution in [2.75, 3.05) is 19.8 Å². The van der Waals surface area contributed by atoms with E-state index in [1.54, 1.807) is 6.92 Å². The minimum atomic E-state index is -4.48. The van der Waals surface area contributed by atoms with Gasteiger partial charge in [-0.2, -0.15) is 13.2 Å². The first-order valence-corrected chi connectivity index (χ1v) is 7.12. The molecule has 0 saturated heterocycles. The Kier molecular flexibility index (Phi) is 7.80. The van der Waals surface area contributed by atoms with Crippen LogP contribution in [0.2, 0.25) is 0 Å². The molecule has 0 saturated carbocycles. The molecular weight excluding hydrogens is 331 g/mol. The number of nitrogens with one attached hydrogen (secondary N) is 2. The van der Waals surface area contributed by atoms with Crippen LogP contribution in [0.25, 0.3) is 0 Å². The van der Waals surface area contributed by atoms with E-state index in [-0.39, 0.29) is 32.0 Å². The summed E-state index contributed by atoms with van der Waals surface area (Å²) >= 11 is 0. The number of alkyl carbamates (subject to hydrolysis) is 1. The van der Waals surface area contributed by atoms with Crippen LogP contribution in [-0.4, -0.2) is 42.9 Å². The number of carbonyl (C=O) groups excluding carboxylic acids is 2. The smallest absolute Gasteiger partial charge is 0.422 e. The summed E-state index contributed by atoms with van der Waals surface area (Å²) in [7, 11) is 0. The molecule has 0 aliphatic carbocycles. The molecule has 0 spiro atoms. The summed E-state index contributed by atoms with van der Waals surface area (Å²) in [5.41, 5.74) is 0.313. The van der Waals surface area contributed by atoms with Crippen molar-refractivity contribution in [3.8, 4) is 5.88 Å². The molecule has 1 rings (SSSR count). The number of carbonyl (C=O) groups is 2. The second-order valence-corrected chi connectivity index (χ2v) is 4.55. The van der Waals surface area contributed by atoms with Crippen molar-refractivity contribution in [3.05, 3.63) is 23.9 Å². The lowest BCUT2D eigenvalue weighted by molar-refractivity contribution is -0.154. The van der Waals surface area contributed by atoms with Gasteiger partial charge < -0.3 is 20.1 Å². The minimum Gasteiger partial charge on any atom is -0.468 e. The van der Waals surface area contributed by atoms with Crippen LogP contribution < -0.4 is 15.4 Å². The Hall–Kier alpha value is -2.52. The van der Waals surface area contributed by atoms with E-state index in [1.807, 2.05) is 0 Å². The third-order valence-electron chi connectivity index (χ3n) is 2.60. The normalized spacial score (nSPS) is 10.8. The van der Waals surface area contributed by atoms with Crippen LogP contribution in [0, 0.1) is 0 Å². The number of nitrogens with zero attached hydrogens (tertiary/aromatic N) is 1. The van der Waals surface area contributed by atoms with E-state index >= 15 is 0 Å². The number of amides is 2. The van der Waals surface area contributed by atoms with Crippen molar-refractivity contribution >= 4 is 12.0 Å². The minimum absolute atomic E-state index is 0.00216. The summed E-state index contributed by atoms with van der Waals surface area (Å²) in [6.07, 6.45) is -3.81. The standard InChI is InChI=1S/C14H18F3N3O4/c1-2-23-13(22)19-7-5-11(21)20-8-10-4-3-6-18-12(10)24-9-14(15,16)17/h3-4,6H,2,5,7-9H2,1H3,(H,19,22)(H,20,21). The molecule has 2 N–H and O–H groups in total. The molecule has 10 heteroatoms. The Bertz CT molecular complexity index is 552. The molecule has 1 aromatic rings. The largest absolute Gasteiger partial charge is 0.468 e. The second-order valence-electron chi connectivity index (χ2n) is 4.55. The molecule has 7 nitrogen and oxygen atoms in total. The van der Waals surface area contributed by atoms with Crippen molar-refractivity contribution < 1.29 is 32.2 Å². The summed E-state index contributed by atoms with van der Waals surface area (Å²) in [4.78, 5) is 26.4. The highest BCUT2D eigenvalue weighted by Gasteiger charge is 2.29. The lowest BCUT2D eigenvalue weighted by Crippen LogP contribution is -2.31. The zero-order chi connectivity index (χ0) is 18.0. The number of hydrogen-bond donors (Lipinski definition) is 2. The Morgan fingerprint density at radius 2 is 2.04 bits per heavy atom. The number of ether oxygens (including phenoxy) is 2. The number of halogens is 3. The monoisotopic (exact) mass is 349 g/mol. The Morgan fingerprint density at radius 3 is 2.71 bits per heavy atom. The van der Waals surface area contributed by atoms with Gasteiger partial charge in [-0.25, -0.2) is 9.78 Å². The molecule has 0 bridgehead atoms. The van der Waals surface area contributed by atoms with Gasteiger partial charge in [0.2, 0.25) is 11.8 Å². The molecule has 2 amide bonds. The molecule has 0 atom stereocenters. The van der Waals surface area contributed by atoms with Crippen molar-refractivity contribution in [1.82, 2.24) is 15.6 Å². The second kappa shape index (κ2) is 9.58. The van der Waals surface area contributed by atoms with Gasteiger partial charge in [-0.3, -0.25) is 4.79 Å². The van der Waals surface area contributed by atoms with Gasteiger partial charge in [0, 0.05) is 31.3 Å². The first-order valence-electron chi connectivity index (χ1n) is 7.12.